The SMILES string of the molecule is NC1CNC1(c1ccccc1)c1cccnc1. The number of pyridine rings is 1. The van der Waals surface area contributed by atoms with Gasteiger partial charge in [-0.05, 0) is 17.2 Å². The van der Waals surface area contributed by atoms with E-state index in [0.29, 0.717) is 0 Å². The number of nitrogens with two attached hydrogens (primary N) is 1. The largest absolute Gasteiger partial charge is 0.324 e. The van der Waals surface area contributed by atoms with Crippen molar-refractivity contribution in [2.75, 3.05) is 6.54 Å². The molecule has 86 valence electrons. The van der Waals surface area contributed by atoms with Gasteiger partial charge in [-0.2, -0.15) is 0 Å². The second kappa shape index (κ2) is 3.95. The van der Waals surface area contributed by atoms with Gasteiger partial charge in [-0.3, -0.25) is 4.98 Å². The third-order valence-electron chi connectivity index (χ3n) is 3.50. The van der Waals surface area contributed by atoms with Gasteiger partial charge in [0.05, 0.1) is 5.54 Å². The number of hydrogen-bond acceptors (Lipinski definition) is 3. The molecule has 1 saturated heterocycles. The van der Waals surface area contributed by atoms with Crippen LogP contribution >= 0.6 is 0 Å². The summed E-state index contributed by atoms with van der Waals surface area (Å²) in [6.07, 6.45) is 3.67. The molecule has 3 rings (SSSR count). The normalized spacial score (nSPS) is 27.5. The van der Waals surface area contributed by atoms with E-state index < -0.39 is 0 Å². The fraction of sp³-hybridized carbons (Fsp3) is 0.214. The number of nitrogens with one attached hydrogen (secondary N) is 1. The van der Waals surface area contributed by atoms with Crippen LogP contribution in [0.5, 0.6) is 0 Å². The predicted octanol–water partition coefficient (Wildman–Crippen LogP) is 1.26. The summed E-state index contributed by atoms with van der Waals surface area (Å²) in [5.41, 5.74) is 8.29. The van der Waals surface area contributed by atoms with Gasteiger partial charge in [-0.25, -0.2) is 0 Å². The molecule has 3 nitrogen and oxygen atoms in total. The van der Waals surface area contributed by atoms with Crippen molar-refractivity contribution < 1.29 is 0 Å². The van der Waals surface area contributed by atoms with E-state index in [1.807, 2.05) is 30.5 Å². The maximum absolute atomic E-state index is 6.23. The van der Waals surface area contributed by atoms with Crippen molar-refractivity contribution in [1.82, 2.24) is 10.3 Å². The van der Waals surface area contributed by atoms with Crippen LogP contribution in [-0.4, -0.2) is 17.6 Å². The fourth-order valence-electron chi connectivity index (χ4n) is 2.52. The minimum Gasteiger partial charge on any atom is -0.324 e. The maximum atomic E-state index is 6.23. The highest BCUT2D eigenvalue weighted by molar-refractivity contribution is 5.42. The zero-order valence-corrected chi connectivity index (χ0v) is 9.51. The second-order valence-electron chi connectivity index (χ2n) is 4.40. The maximum Gasteiger partial charge on any atom is 0.0872 e. The summed E-state index contributed by atoms with van der Waals surface area (Å²) in [5, 5.41) is 3.48. The average Bonchev–Trinajstić information content (AvgIpc) is 2.40. The highest BCUT2D eigenvalue weighted by Crippen LogP contribution is 2.36. The molecule has 0 aliphatic carbocycles. The molecule has 0 radical (unpaired) electrons. The van der Waals surface area contributed by atoms with E-state index in [1.54, 1.807) is 6.20 Å². The van der Waals surface area contributed by atoms with Gasteiger partial charge in [0.1, 0.15) is 0 Å². The number of aromatic nitrogens is 1. The van der Waals surface area contributed by atoms with E-state index in [9.17, 15) is 0 Å². The van der Waals surface area contributed by atoms with Crippen molar-refractivity contribution in [2.24, 2.45) is 5.73 Å². The molecule has 2 atom stereocenters. The van der Waals surface area contributed by atoms with Crippen molar-refractivity contribution >= 4 is 0 Å². The Morgan fingerprint density at radius 1 is 1.12 bits per heavy atom. The summed E-state index contributed by atoms with van der Waals surface area (Å²) >= 11 is 0. The smallest absolute Gasteiger partial charge is 0.0872 e. The van der Waals surface area contributed by atoms with Crippen LogP contribution in [0.2, 0.25) is 0 Å². The van der Waals surface area contributed by atoms with E-state index in [1.165, 1.54) is 5.56 Å². The molecule has 2 aromatic rings. The van der Waals surface area contributed by atoms with Crippen LogP contribution in [0, 0.1) is 0 Å². The monoisotopic (exact) mass is 225 g/mol. The predicted molar refractivity (Wildman–Crippen MR) is 67.4 cm³/mol. The van der Waals surface area contributed by atoms with Gasteiger partial charge < -0.3 is 11.1 Å². The number of hydrogen-bond donors (Lipinski definition) is 2. The topological polar surface area (TPSA) is 50.9 Å². The molecule has 2 unspecified atom stereocenters. The first-order valence-electron chi connectivity index (χ1n) is 5.80. The standard InChI is InChI=1S/C14H15N3/c15-13-10-17-14(13,11-5-2-1-3-6-11)12-7-4-8-16-9-12/h1-9,13,17H,10,15H2. The van der Waals surface area contributed by atoms with Gasteiger partial charge in [-0.1, -0.05) is 36.4 Å². The molecule has 3 N–H and O–H groups in total. The van der Waals surface area contributed by atoms with Crippen molar-refractivity contribution in [3.63, 3.8) is 0 Å². The van der Waals surface area contributed by atoms with Gasteiger partial charge in [0.15, 0.2) is 0 Å². The summed E-state index contributed by atoms with van der Waals surface area (Å²) in [7, 11) is 0. The van der Waals surface area contributed by atoms with Crippen LogP contribution in [-0.2, 0) is 5.54 Å². The molecule has 1 fully saturated rings. The summed E-state index contributed by atoms with van der Waals surface area (Å²) in [4.78, 5) is 4.20. The molecule has 0 bridgehead atoms. The average molecular weight is 225 g/mol. The molecule has 0 spiro atoms. The summed E-state index contributed by atoms with van der Waals surface area (Å²) < 4.78 is 0. The Kier molecular flexibility index (Phi) is 2.42. The highest BCUT2D eigenvalue weighted by Gasteiger charge is 2.47. The Bertz CT molecular complexity index is 456. The van der Waals surface area contributed by atoms with E-state index in [4.69, 9.17) is 5.73 Å². The number of benzene rings is 1. The fourth-order valence-corrected chi connectivity index (χ4v) is 2.52. The molecule has 3 heteroatoms. The molecule has 0 saturated carbocycles. The van der Waals surface area contributed by atoms with Crippen molar-refractivity contribution in [3.8, 4) is 0 Å². The molecule has 0 amide bonds. The Balaban J connectivity index is 2.12. The van der Waals surface area contributed by atoms with Crippen LogP contribution in [0.1, 0.15) is 11.1 Å². The zero-order valence-electron chi connectivity index (χ0n) is 9.51. The Labute approximate surface area is 101 Å². The highest BCUT2D eigenvalue weighted by atomic mass is 15.1. The van der Waals surface area contributed by atoms with Crippen LogP contribution < -0.4 is 11.1 Å². The van der Waals surface area contributed by atoms with E-state index in [0.717, 1.165) is 12.1 Å². The molecule has 1 aromatic carbocycles. The van der Waals surface area contributed by atoms with Gasteiger partial charge in [-0.15, -0.1) is 0 Å². The van der Waals surface area contributed by atoms with E-state index in [-0.39, 0.29) is 11.6 Å². The third-order valence-corrected chi connectivity index (χ3v) is 3.50. The molecular weight excluding hydrogens is 210 g/mol. The lowest BCUT2D eigenvalue weighted by Gasteiger charge is -2.49. The van der Waals surface area contributed by atoms with Crippen LogP contribution in [0.4, 0.5) is 0 Å². The van der Waals surface area contributed by atoms with Crippen LogP contribution in [0.15, 0.2) is 54.9 Å². The Hall–Kier alpha value is -1.71. The minimum absolute atomic E-state index is 0.0918. The lowest BCUT2D eigenvalue weighted by Crippen LogP contribution is -2.70. The summed E-state index contributed by atoms with van der Waals surface area (Å²) in [5.74, 6) is 0. The summed E-state index contributed by atoms with van der Waals surface area (Å²) in [6, 6.07) is 14.4. The molecular formula is C14H15N3. The molecule has 1 aliphatic rings. The number of nitrogens with zero attached hydrogens (tertiary/aromatic N) is 1. The van der Waals surface area contributed by atoms with Crippen molar-refractivity contribution in [1.29, 1.82) is 0 Å². The first-order chi connectivity index (χ1) is 8.34. The van der Waals surface area contributed by atoms with Crippen molar-refractivity contribution in [3.05, 3.63) is 66.0 Å². The first-order valence-corrected chi connectivity index (χ1v) is 5.80. The number of rotatable bonds is 2. The summed E-state index contributed by atoms with van der Waals surface area (Å²) in [6.45, 7) is 0.837. The lowest BCUT2D eigenvalue weighted by atomic mass is 9.72. The molecule has 2 heterocycles. The molecule has 17 heavy (non-hydrogen) atoms. The van der Waals surface area contributed by atoms with E-state index in [2.05, 4.69) is 28.5 Å². The quantitative estimate of drug-likeness (QED) is 0.809. The molecule has 1 aliphatic heterocycles. The van der Waals surface area contributed by atoms with Gasteiger partial charge in [0, 0.05) is 25.0 Å². The molecule has 1 aromatic heterocycles. The van der Waals surface area contributed by atoms with Crippen molar-refractivity contribution in [2.45, 2.75) is 11.6 Å². The third kappa shape index (κ3) is 1.47. The second-order valence-corrected chi connectivity index (χ2v) is 4.40. The van der Waals surface area contributed by atoms with E-state index >= 15 is 0 Å². The first kappa shape index (κ1) is 10.4. The Morgan fingerprint density at radius 3 is 2.41 bits per heavy atom. The van der Waals surface area contributed by atoms with Gasteiger partial charge >= 0.3 is 0 Å². The van der Waals surface area contributed by atoms with Crippen LogP contribution in [0.25, 0.3) is 0 Å². The lowest BCUT2D eigenvalue weighted by molar-refractivity contribution is 0.214. The van der Waals surface area contributed by atoms with Gasteiger partial charge in [0.25, 0.3) is 0 Å². The Morgan fingerprint density at radius 2 is 1.88 bits per heavy atom. The minimum atomic E-state index is -0.268. The van der Waals surface area contributed by atoms with Crippen LogP contribution in [0.3, 0.4) is 0 Å². The van der Waals surface area contributed by atoms with Gasteiger partial charge in [0.2, 0.25) is 0 Å². The zero-order chi connectivity index (χ0) is 11.7.